The predicted octanol–water partition coefficient (Wildman–Crippen LogP) is 2.06. The van der Waals surface area contributed by atoms with Gasteiger partial charge in [0.1, 0.15) is 0 Å². The number of para-hydroxylation sites is 1. The second-order valence-corrected chi connectivity index (χ2v) is 6.06. The number of carbonyl (C=O) groups excluding carboxylic acids is 2. The van der Waals surface area contributed by atoms with Crippen molar-refractivity contribution in [3.8, 4) is 0 Å². The maximum absolute atomic E-state index is 12.8. The molecular weight excluding hydrogens is 330 g/mol. The normalized spacial score (nSPS) is 16.4. The molecule has 1 aromatic heterocycles. The van der Waals surface area contributed by atoms with Gasteiger partial charge < -0.3 is 15.0 Å². The van der Waals surface area contributed by atoms with E-state index in [4.69, 9.17) is 4.74 Å². The van der Waals surface area contributed by atoms with Crippen molar-refractivity contribution >= 4 is 23.6 Å². The number of amides is 2. The molecule has 1 N–H and O–H groups in total. The summed E-state index contributed by atoms with van der Waals surface area (Å²) in [5, 5.41) is 2.56. The summed E-state index contributed by atoms with van der Waals surface area (Å²) in [4.78, 5) is 30.2. The first kappa shape index (κ1) is 17.8. The first-order valence-electron chi connectivity index (χ1n) is 8.39. The molecule has 1 aliphatic heterocycles. The molecule has 0 saturated heterocycles. The van der Waals surface area contributed by atoms with E-state index in [9.17, 15) is 9.59 Å². The SMILES string of the molecule is CNC(=O)c1cncc(C=CC(=O)N2CC(OC)Cc3ccccc32)c1. The van der Waals surface area contributed by atoms with Gasteiger partial charge in [0.2, 0.25) is 0 Å². The number of methoxy groups -OCH3 is 1. The second-order valence-electron chi connectivity index (χ2n) is 6.06. The lowest BCUT2D eigenvalue weighted by Gasteiger charge is -2.33. The maximum Gasteiger partial charge on any atom is 0.252 e. The van der Waals surface area contributed by atoms with E-state index in [2.05, 4.69) is 10.3 Å². The summed E-state index contributed by atoms with van der Waals surface area (Å²) in [5.41, 5.74) is 3.14. The smallest absolute Gasteiger partial charge is 0.252 e. The highest BCUT2D eigenvalue weighted by atomic mass is 16.5. The maximum atomic E-state index is 12.8. The van der Waals surface area contributed by atoms with Gasteiger partial charge in [0.05, 0.1) is 18.2 Å². The fourth-order valence-electron chi connectivity index (χ4n) is 3.00. The molecule has 0 fully saturated rings. The average Bonchev–Trinajstić information content (AvgIpc) is 2.70. The zero-order valence-electron chi connectivity index (χ0n) is 14.8. The van der Waals surface area contributed by atoms with Crippen LogP contribution in [0.3, 0.4) is 0 Å². The van der Waals surface area contributed by atoms with Crippen LogP contribution in [0.1, 0.15) is 21.5 Å². The molecule has 2 heterocycles. The number of rotatable bonds is 4. The van der Waals surface area contributed by atoms with Crippen LogP contribution in [0.5, 0.6) is 0 Å². The van der Waals surface area contributed by atoms with Gasteiger partial charge in [-0.15, -0.1) is 0 Å². The van der Waals surface area contributed by atoms with E-state index in [1.807, 2.05) is 24.3 Å². The van der Waals surface area contributed by atoms with E-state index in [1.165, 1.54) is 12.3 Å². The Bertz CT molecular complexity index is 848. The highest BCUT2D eigenvalue weighted by molar-refractivity contribution is 6.04. The van der Waals surface area contributed by atoms with Crippen LogP contribution in [0, 0.1) is 0 Å². The Morgan fingerprint density at radius 1 is 1.31 bits per heavy atom. The van der Waals surface area contributed by atoms with E-state index in [-0.39, 0.29) is 17.9 Å². The molecule has 6 heteroatoms. The Hall–Kier alpha value is -2.99. The molecule has 6 nitrogen and oxygen atoms in total. The highest BCUT2D eigenvalue weighted by Gasteiger charge is 2.27. The summed E-state index contributed by atoms with van der Waals surface area (Å²) < 4.78 is 5.47. The largest absolute Gasteiger partial charge is 0.379 e. The summed E-state index contributed by atoms with van der Waals surface area (Å²) in [6, 6.07) is 9.54. The minimum Gasteiger partial charge on any atom is -0.379 e. The number of carbonyl (C=O) groups is 2. The van der Waals surface area contributed by atoms with Crippen molar-refractivity contribution in [3.05, 3.63) is 65.5 Å². The number of pyridine rings is 1. The third-order valence-corrected chi connectivity index (χ3v) is 4.38. The van der Waals surface area contributed by atoms with Crippen molar-refractivity contribution in [2.24, 2.45) is 0 Å². The Balaban J connectivity index is 1.81. The molecule has 1 unspecified atom stereocenters. The summed E-state index contributed by atoms with van der Waals surface area (Å²) in [6.45, 7) is 0.507. The molecule has 1 aromatic carbocycles. The lowest BCUT2D eigenvalue weighted by atomic mass is 9.99. The van der Waals surface area contributed by atoms with Crippen molar-refractivity contribution in [2.45, 2.75) is 12.5 Å². The summed E-state index contributed by atoms with van der Waals surface area (Å²) in [5.74, 6) is -0.350. The highest BCUT2D eigenvalue weighted by Crippen LogP contribution is 2.28. The molecule has 3 rings (SSSR count). The third-order valence-electron chi connectivity index (χ3n) is 4.38. The molecule has 2 amide bonds. The number of nitrogens with zero attached hydrogens (tertiary/aromatic N) is 2. The lowest BCUT2D eigenvalue weighted by Crippen LogP contribution is -2.42. The Morgan fingerprint density at radius 2 is 2.12 bits per heavy atom. The molecule has 134 valence electrons. The molecule has 1 aliphatic rings. The first-order valence-corrected chi connectivity index (χ1v) is 8.39. The fourth-order valence-corrected chi connectivity index (χ4v) is 3.00. The minimum atomic E-state index is -0.216. The monoisotopic (exact) mass is 351 g/mol. The number of aromatic nitrogens is 1. The molecule has 0 radical (unpaired) electrons. The predicted molar refractivity (Wildman–Crippen MR) is 100.0 cm³/mol. The molecule has 2 aromatic rings. The second kappa shape index (κ2) is 7.93. The van der Waals surface area contributed by atoms with Crippen LogP contribution in [-0.4, -0.2) is 43.6 Å². The van der Waals surface area contributed by atoms with Gasteiger partial charge in [-0.3, -0.25) is 14.6 Å². The van der Waals surface area contributed by atoms with Gasteiger partial charge in [-0.05, 0) is 29.3 Å². The van der Waals surface area contributed by atoms with Crippen LogP contribution in [-0.2, 0) is 16.0 Å². The van der Waals surface area contributed by atoms with Crippen molar-refractivity contribution in [1.82, 2.24) is 10.3 Å². The third kappa shape index (κ3) is 3.81. The average molecular weight is 351 g/mol. The van der Waals surface area contributed by atoms with Gasteiger partial charge in [-0.2, -0.15) is 0 Å². The summed E-state index contributed by atoms with van der Waals surface area (Å²) >= 11 is 0. The Morgan fingerprint density at radius 3 is 2.88 bits per heavy atom. The zero-order chi connectivity index (χ0) is 18.5. The van der Waals surface area contributed by atoms with Gasteiger partial charge in [0.25, 0.3) is 11.8 Å². The molecule has 0 saturated carbocycles. The number of fused-ring (bicyclic) bond motifs is 1. The molecule has 26 heavy (non-hydrogen) atoms. The molecule has 0 aliphatic carbocycles. The van der Waals surface area contributed by atoms with Crippen molar-refractivity contribution in [1.29, 1.82) is 0 Å². The van der Waals surface area contributed by atoms with Crippen molar-refractivity contribution in [3.63, 3.8) is 0 Å². The number of anilines is 1. The van der Waals surface area contributed by atoms with Crippen LogP contribution in [0.15, 0.2) is 48.8 Å². The number of hydrogen-bond acceptors (Lipinski definition) is 4. The van der Waals surface area contributed by atoms with E-state index in [0.29, 0.717) is 17.7 Å². The first-order chi connectivity index (χ1) is 12.6. The number of nitrogens with one attached hydrogen (secondary N) is 1. The quantitative estimate of drug-likeness (QED) is 0.856. The minimum absolute atomic E-state index is 0.0273. The lowest BCUT2D eigenvalue weighted by molar-refractivity contribution is -0.114. The fraction of sp³-hybridized carbons (Fsp3) is 0.250. The van der Waals surface area contributed by atoms with Crippen LogP contribution < -0.4 is 10.2 Å². The zero-order valence-corrected chi connectivity index (χ0v) is 14.8. The van der Waals surface area contributed by atoms with Gasteiger partial charge in [-0.25, -0.2) is 0 Å². The van der Waals surface area contributed by atoms with Gasteiger partial charge in [0.15, 0.2) is 0 Å². The van der Waals surface area contributed by atoms with E-state index in [1.54, 1.807) is 37.4 Å². The number of hydrogen-bond donors (Lipinski definition) is 1. The number of benzene rings is 1. The van der Waals surface area contributed by atoms with Crippen LogP contribution >= 0.6 is 0 Å². The van der Waals surface area contributed by atoms with Crippen LogP contribution in [0.4, 0.5) is 5.69 Å². The van der Waals surface area contributed by atoms with Crippen molar-refractivity contribution < 1.29 is 14.3 Å². The standard InChI is InChI=1S/C20H21N3O3/c1-21-20(25)16-9-14(11-22-12-16)7-8-19(24)23-13-17(26-2)10-15-5-3-4-6-18(15)23/h3-9,11-12,17H,10,13H2,1-2H3,(H,21,25). The van der Waals surface area contributed by atoms with E-state index in [0.717, 1.165) is 17.7 Å². The molecular formula is C20H21N3O3. The van der Waals surface area contributed by atoms with Crippen LogP contribution in [0.25, 0.3) is 6.08 Å². The molecule has 1 atom stereocenters. The van der Waals surface area contributed by atoms with Crippen LogP contribution in [0.2, 0.25) is 0 Å². The Labute approximate surface area is 152 Å². The van der Waals surface area contributed by atoms with E-state index >= 15 is 0 Å². The summed E-state index contributed by atoms with van der Waals surface area (Å²) in [6.07, 6.45) is 7.03. The summed E-state index contributed by atoms with van der Waals surface area (Å²) in [7, 11) is 3.22. The van der Waals surface area contributed by atoms with Gasteiger partial charge >= 0.3 is 0 Å². The van der Waals surface area contributed by atoms with Gasteiger partial charge in [-0.1, -0.05) is 18.2 Å². The molecule has 0 bridgehead atoms. The van der Waals surface area contributed by atoms with Gasteiger partial charge in [0, 0.05) is 44.7 Å². The number of ether oxygens (including phenoxy) is 1. The molecule has 0 spiro atoms. The van der Waals surface area contributed by atoms with E-state index < -0.39 is 0 Å². The Kier molecular flexibility index (Phi) is 5.43. The topological polar surface area (TPSA) is 71.5 Å². The van der Waals surface area contributed by atoms with Crippen molar-refractivity contribution in [2.75, 3.05) is 25.6 Å².